The molecule has 0 fully saturated rings. The van der Waals surface area contributed by atoms with Gasteiger partial charge in [0.25, 0.3) is 0 Å². The number of carbonyl (C=O) groups is 1. The van der Waals surface area contributed by atoms with E-state index >= 15 is 0 Å². The summed E-state index contributed by atoms with van der Waals surface area (Å²) in [6.45, 7) is 6.20. The first-order valence-electron chi connectivity index (χ1n) is 6.10. The smallest absolute Gasteiger partial charge is 0.250 e. The van der Waals surface area contributed by atoms with Crippen molar-refractivity contribution in [2.24, 2.45) is 5.92 Å². The highest BCUT2D eigenvalue weighted by Crippen LogP contribution is 2.30. The highest BCUT2D eigenvalue weighted by Gasteiger charge is 2.34. The van der Waals surface area contributed by atoms with Gasteiger partial charge in [0.1, 0.15) is 18.3 Å². The average Bonchev–Trinajstić information content (AvgIpc) is 2.64. The van der Waals surface area contributed by atoms with E-state index in [-0.39, 0.29) is 0 Å². The van der Waals surface area contributed by atoms with Crippen LogP contribution in [0.15, 0.2) is 12.5 Å². The quantitative estimate of drug-likeness (QED) is 0.667. The largest absolute Gasteiger partial charge is 0.457 e. The molecule has 0 atom stereocenters. The van der Waals surface area contributed by atoms with Crippen LogP contribution in [0.2, 0.25) is 0 Å². The van der Waals surface area contributed by atoms with Crippen molar-refractivity contribution in [1.29, 1.82) is 0 Å². The van der Waals surface area contributed by atoms with E-state index in [1.165, 1.54) is 0 Å². The molecule has 0 unspecified atom stereocenters. The summed E-state index contributed by atoms with van der Waals surface area (Å²) in [6, 6.07) is 0. The molecule has 16 heavy (non-hydrogen) atoms. The van der Waals surface area contributed by atoms with Crippen molar-refractivity contribution in [2.45, 2.75) is 58.7 Å². The molecule has 0 saturated carbocycles. The molecular formula is C13H22O3. The van der Waals surface area contributed by atoms with E-state index < -0.39 is 5.79 Å². The molecule has 3 heteroatoms. The molecule has 0 aromatic heterocycles. The Morgan fingerprint density at radius 1 is 1.25 bits per heavy atom. The van der Waals surface area contributed by atoms with Gasteiger partial charge in [0.2, 0.25) is 5.79 Å². The highest BCUT2D eigenvalue weighted by atomic mass is 16.7. The molecule has 0 radical (unpaired) electrons. The Morgan fingerprint density at radius 2 is 1.88 bits per heavy atom. The standard InChI is InChI=1S/C13H22O3/c1-4-6-13(15-8-9-16-13)7-5-12(14)10-11(2)3/h8-9,11H,4-7,10H2,1-3H3. The van der Waals surface area contributed by atoms with Crippen LogP contribution in [0.25, 0.3) is 0 Å². The second-order valence-corrected chi connectivity index (χ2v) is 4.81. The Morgan fingerprint density at radius 3 is 2.38 bits per heavy atom. The van der Waals surface area contributed by atoms with Gasteiger partial charge in [-0.25, -0.2) is 0 Å². The lowest BCUT2D eigenvalue weighted by Crippen LogP contribution is -2.30. The highest BCUT2D eigenvalue weighted by molar-refractivity contribution is 5.78. The summed E-state index contributed by atoms with van der Waals surface area (Å²) >= 11 is 0. The van der Waals surface area contributed by atoms with Crippen LogP contribution in [0.3, 0.4) is 0 Å². The summed E-state index contributed by atoms with van der Waals surface area (Å²) in [4.78, 5) is 11.6. The Bertz CT molecular complexity index is 248. The molecule has 0 saturated heterocycles. The van der Waals surface area contributed by atoms with Crippen molar-refractivity contribution in [2.75, 3.05) is 0 Å². The normalized spacial score (nSPS) is 17.2. The van der Waals surface area contributed by atoms with Crippen LogP contribution in [-0.4, -0.2) is 11.6 Å². The first-order valence-corrected chi connectivity index (χ1v) is 6.10. The van der Waals surface area contributed by atoms with Crippen LogP contribution < -0.4 is 0 Å². The van der Waals surface area contributed by atoms with E-state index in [4.69, 9.17) is 9.47 Å². The van der Waals surface area contributed by atoms with E-state index in [1.54, 1.807) is 12.5 Å². The first-order chi connectivity index (χ1) is 7.58. The number of carbonyl (C=O) groups excluding carboxylic acids is 1. The van der Waals surface area contributed by atoms with Crippen molar-refractivity contribution >= 4 is 5.78 Å². The number of Topliss-reactive ketones (excluding diaryl/α,β-unsaturated/α-hetero) is 1. The fourth-order valence-corrected chi connectivity index (χ4v) is 1.96. The maximum atomic E-state index is 11.6. The topological polar surface area (TPSA) is 35.5 Å². The Kier molecular flexibility index (Phi) is 4.84. The minimum atomic E-state index is -0.568. The molecule has 0 spiro atoms. The minimum absolute atomic E-state index is 0.296. The molecule has 0 bridgehead atoms. The van der Waals surface area contributed by atoms with Gasteiger partial charge >= 0.3 is 0 Å². The predicted molar refractivity (Wildman–Crippen MR) is 62.6 cm³/mol. The van der Waals surface area contributed by atoms with Crippen LogP contribution in [0, 0.1) is 5.92 Å². The van der Waals surface area contributed by atoms with Crippen LogP contribution in [0.5, 0.6) is 0 Å². The minimum Gasteiger partial charge on any atom is -0.457 e. The lowest BCUT2D eigenvalue weighted by Gasteiger charge is -2.27. The molecule has 1 rings (SSSR count). The van der Waals surface area contributed by atoms with Gasteiger partial charge in [0.15, 0.2) is 0 Å². The fourth-order valence-electron chi connectivity index (χ4n) is 1.96. The molecule has 1 heterocycles. The molecule has 0 aromatic rings. The molecule has 3 nitrogen and oxygen atoms in total. The molecule has 0 amide bonds. The van der Waals surface area contributed by atoms with Crippen LogP contribution >= 0.6 is 0 Å². The number of rotatable bonds is 7. The Hall–Kier alpha value is -0.990. The van der Waals surface area contributed by atoms with Crippen LogP contribution in [0.1, 0.15) is 52.9 Å². The monoisotopic (exact) mass is 226 g/mol. The SMILES string of the molecule is CCCC1(CCC(=O)CC(C)C)OC=CO1. The third-order valence-electron chi connectivity index (χ3n) is 2.67. The van der Waals surface area contributed by atoms with Crippen molar-refractivity contribution in [1.82, 2.24) is 0 Å². The number of ketones is 1. The number of ether oxygens (including phenoxy) is 2. The molecule has 92 valence electrons. The first kappa shape index (κ1) is 13.1. The van der Waals surface area contributed by atoms with E-state index in [2.05, 4.69) is 20.8 Å². The number of hydrogen-bond acceptors (Lipinski definition) is 3. The third-order valence-corrected chi connectivity index (χ3v) is 2.67. The Balaban J connectivity index is 2.36. The fraction of sp³-hybridized carbons (Fsp3) is 0.769. The van der Waals surface area contributed by atoms with Gasteiger partial charge in [-0.1, -0.05) is 20.8 Å². The van der Waals surface area contributed by atoms with Crippen LogP contribution in [-0.2, 0) is 14.3 Å². The van der Waals surface area contributed by atoms with Gasteiger partial charge in [-0.3, -0.25) is 4.79 Å². The second-order valence-electron chi connectivity index (χ2n) is 4.81. The lowest BCUT2D eigenvalue weighted by molar-refractivity contribution is -0.156. The Labute approximate surface area is 97.8 Å². The average molecular weight is 226 g/mol. The predicted octanol–water partition coefficient (Wildman–Crippen LogP) is 3.40. The summed E-state index contributed by atoms with van der Waals surface area (Å²) in [5, 5.41) is 0. The summed E-state index contributed by atoms with van der Waals surface area (Å²) in [5.41, 5.74) is 0. The maximum absolute atomic E-state index is 11.6. The van der Waals surface area contributed by atoms with Gasteiger partial charge in [0, 0.05) is 25.7 Å². The molecule has 1 aliphatic heterocycles. The maximum Gasteiger partial charge on any atom is 0.250 e. The van der Waals surface area contributed by atoms with E-state index in [0.717, 1.165) is 12.8 Å². The van der Waals surface area contributed by atoms with E-state index in [0.29, 0.717) is 31.0 Å². The molecule has 0 N–H and O–H groups in total. The summed E-state index contributed by atoms with van der Waals surface area (Å²) < 4.78 is 11.0. The molecular weight excluding hydrogens is 204 g/mol. The molecule has 0 aromatic carbocycles. The van der Waals surface area contributed by atoms with Gasteiger partial charge in [-0.2, -0.15) is 0 Å². The van der Waals surface area contributed by atoms with Gasteiger partial charge in [-0.15, -0.1) is 0 Å². The molecule has 1 aliphatic rings. The zero-order valence-electron chi connectivity index (χ0n) is 10.5. The van der Waals surface area contributed by atoms with Gasteiger partial charge in [-0.05, 0) is 12.3 Å². The van der Waals surface area contributed by atoms with E-state index in [9.17, 15) is 4.79 Å². The van der Waals surface area contributed by atoms with Crippen molar-refractivity contribution in [3.05, 3.63) is 12.5 Å². The van der Waals surface area contributed by atoms with Gasteiger partial charge in [0.05, 0.1) is 0 Å². The van der Waals surface area contributed by atoms with Crippen molar-refractivity contribution in [3.63, 3.8) is 0 Å². The van der Waals surface area contributed by atoms with E-state index in [1.807, 2.05) is 0 Å². The zero-order valence-corrected chi connectivity index (χ0v) is 10.5. The van der Waals surface area contributed by atoms with Crippen molar-refractivity contribution in [3.8, 4) is 0 Å². The van der Waals surface area contributed by atoms with Crippen LogP contribution in [0.4, 0.5) is 0 Å². The lowest BCUT2D eigenvalue weighted by atomic mass is 9.99. The second kappa shape index (κ2) is 5.92. The summed E-state index contributed by atoms with van der Waals surface area (Å²) in [6.07, 6.45) is 6.80. The third kappa shape index (κ3) is 3.87. The molecule has 0 aliphatic carbocycles. The number of hydrogen-bond donors (Lipinski definition) is 0. The van der Waals surface area contributed by atoms with Gasteiger partial charge < -0.3 is 9.47 Å². The summed E-state index contributed by atoms with van der Waals surface area (Å²) in [5.74, 6) is 0.157. The van der Waals surface area contributed by atoms with Crippen molar-refractivity contribution < 1.29 is 14.3 Å². The zero-order chi connectivity index (χ0) is 12.0. The summed E-state index contributed by atoms with van der Waals surface area (Å²) in [7, 11) is 0.